The van der Waals surface area contributed by atoms with Gasteiger partial charge in [0, 0.05) is 35.4 Å². The highest BCUT2D eigenvalue weighted by Gasteiger charge is 2.52. The molecule has 0 spiro atoms. The number of amides is 2. The normalized spacial score (nSPS) is 24.7. The summed E-state index contributed by atoms with van der Waals surface area (Å²) in [7, 11) is 0. The van der Waals surface area contributed by atoms with Gasteiger partial charge in [0.05, 0.1) is 18.2 Å². The predicted molar refractivity (Wildman–Crippen MR) is 137 cm³/mol. The third-order valence-electron chi connectivity index (χ3n) is 8.56. The zero-order chi connectivity index (χ0) is 25.0. The van der Waals surface area contributed by atoms with Gasteiger partial charge in [-0.3, -0.25) is 14.4 Å². The summed E-state index contributed by atoms with van der Waals surface area (Å²) in [6.45, 7) is 0. The molecular weight excluding hydrogens is 476 g/mol. The van der Waals surface area contributed by atoms with E-state index in [-0.39, 0.29) is 54.6 Å². The van der Waals surface area contributed by atoms with Crippen molar-refractivity contribution in [3.05, 3.63) is 64.2 Å². The van der Waals surface area contributed by atoms with Crippen LogP contribution < -0.4 is 4.90 Å². The number of carboxylic acids is 1. The molecule has 2 aromatic rings. The minimum Gasteiger partial charge on any atom is -0.481 e. The molecule has 6 nitrogen and oxygen atoms in total. The molecule has 0 aromatic heterocycles. The third kappa shape index (κ3) is 4.09. The van der Waals surface area contributed by atoms with Gasteiger partial charge in [0.15, 0.2) is 0 Å². The number of aliphatic carboxylic acids is 1. The Bertz CT molecular complexity index is 1200. The number of carbonyl (C=O) groups excluding carboxylic acids is 2. The lowest BCUT2D eigenvalue weighted by atomic mass is 9.80. The minimum absolute atomic E-state index is 0.00558. The maximum absolute atomic E-state index is 14.2. The first kappa shape index (κ1) is 23.5. The second kappa shape index (κ2) is 9.22. The average Bonchev–Trinajstić information content (AvgIpc) is 3.40. The minimum atomic E-state index is -0.956. The summed E-state index contributed by atoms with van der Waals surface area (Å²) in [5.74, 6) is -0.852. The second-order valence-electron chi connectivity index (χ2n) is 10.8. The van der Waals surface area contributed by atoms with Gasteiger partial charge in [-0.05, 0) is 67.3 Å². The molecule has 0 radical (unpaired) electrons. The Labute approximate surface area is 216 Å². The quantitative estimate of drug-likeness (QED) is 0.586. The van der Waals surface area contributed by atoms with E-state index in [9.17, 15) is 19.5 Å². The smallest absolute Gasteiger partial charge is 0.303 e. The van der Waals surface area contributed by atoms with Crippen LogP contribution in [0.5, 0.6) is 0 Å². The summed E-state index contributed by atoms with van der Waals surface area (Å²) in [6, 6.07) is 14.1. The lowest BCUT2D eigenvalue weighted by Gasteiger charge is -2.48. The summed E-state index contributed by atoms with van der Waals surface area (Å²) in [6.07, 6.45) is 6.09. The maximum atomic E-state index is 14.2. The van der Waals surface area contributed by atoms with Crippen molar-refractivity contribution >= 4 is 35.1 Å². The van der Waals surface area contributed by atoms with Crippen LogP contribution in [0.1, 0.15) is 67.7 Å². The van der Waals surface area contributed by atoms with Gasteiger partial charge in [-0.15, -0.1) is 0 Å². The van der Waals surface area contributed by atoms with Crippen LogP contribution >= 0.6 is 11.6 Å². The second-order valence-corrected chi connectivity index (χ2v) is 11.3. The van der Waals surface area contributed by atoms with E-state index in [1.165, 1.54) is 11.1 Å². The van der Waals surface area contributed by atoms with Gasteiger partial charge in [-0.25, -0.2) is 0 Å². The van der Waals surface area contributed by atoms with Crippen molar-refractivity contribution in [3.63, 3.8) is 0 Å². The molecule has 6 rings (SSSR count). The molecule has 0 saturated heterocycles. The lowest BCUT2D eigenvalue weighted by Crippen LogP contribution is -2.54. The zero-order valence-electron chi connectivity index (χ0n) is 20.2. The molecule has 2 aromatic carbocycles. The Morgan fingerprint density at radius 3 is 2.36 bits per heavy atom. The number of carboxylic acid groups (broad SMARTS) is 1. The van der Waals surface area contributed by atoms with E-state index in [0.29, 0.717) is 5.02 Å². The van der Waals surface area contributed by atoms with E-state index in [1.54, 1.807) is 0 Å². The summed E-state index contributed by atoms with van der Waals surface area (Å²) in [5, 5.41) is 9.76. The molecule has 3 unspecified atom stereocenters. The van der Waals surface area contributed by atoms with Crippen molar-refractivity contribution in [2.24, 2.45) is 11.8 Å². The number of fused-ring (bicyclic) bond motifs is 3. The molecule has 1 heterocycles. The van der Waals surface area contributed by atoms with Crippen molar-refractivity contribution in [2.45, 2.75) is 75.9 Å². The van der Waals surface area contributed by atoms with Crippen LogP contribution in [0.4, 0.5) is 5.69 Å². The molecule has 2 saturated carbocycles. The van der Waals surface area contributed by atoms with Gasteiger partial charge >= 0.3 is 5.97 Å². The molecule has 3 atom stereocenters. The van der Waals surface area contributed by atoms with Gasteiger partial charge in [0.1, 0.15) is 0 Å². The first-order chi connectivity index (χ1) is 17.4. The molecule has 0 bridgehead atoms. The summed E-state index contributed by atoms with van der Waals surface area (Å²) in [5.41, 5.74) is 4.31. The summed E-state index contributed by atoms with van der Waals surface area (Å²) >= 11 is 6.49. The van der Waals surface area contributed by atoms with E-state index in [2.05, 4.69) is 12.1 Å². The van der Waals surface area contributed by atoms with Crippen LogP contribution in [-0.2, 0) is 27.2 Å². The number of benzene rings is 2. The molecule has 4 aliphatic rings. The Hall–Kier alpha value is -2.86. The van der Waals surface area contributed by atoms with E-state index in [1.807, 2.05) is 40.1 Å². The van der Waals surface area contributed by atoms with Crippen LogP contribution in [-0.4, -0.2) is 39.9 Å². The fraction of sp³-hybridized carbons (Fsp3) is 0.483. The monoisotopic (exact) mass is 506 g/mol. The van der Waals surface area contributed by atoms with Gasteiger partial charge < -0.3 is 14.9 Å². The van der Waals surface area contributed by atoms with Gasteiger partial charge in [-0.2, -0.15) is 0 Å². The van der Waals surface area contributed by atoms with Crippen molar-refractivity contribution < 1.29 is 19.5 Å². The van der Waals surface area contributed by atoms with Crippen LogP contribution in [0.2, 0.25) is 5.02 Å². The highest BCUT2D eigenvalue weighted by Crippen LogP contribution is 2.53. The van der Waals surface area contributed by atoms with Crippen molar-refractivity contribution in [3.8, 4) is 0 Å². The highest BCUT2D eigenvalue weighted by atomic mass is 35.5. The Kier molecular flexibility index (Phi) is 6.03. The number of carbonyl (C=O) groups is 3. The zero-order valence-corrected chi connectivity index (χ0v) is 21.0. The molecule has 1 aliphatic heterocycles. The standard InChI is InChI=1S/C29H31ClN2O4/c30-20-8-11-23-25(16-20)32(29(36)19-14-17-4-1-2-5-18(17)15-19)24-7-3-6-22(24)28(23)31(21-9-10-21)26(33)12-13-27(34)35/h1-2,4-5,8,11,16,19,21-22,24,28H,3,6-7,9-10,12-15H2,(H,34,35). The Morgan fingerprint density at radius 2 is 1.69 bits per heavy atom. The van der Waals surface area contributed by atoms with E-state index in [4.69, 9.17) is 11.6 Å². The first-order valence-electron chi connectivity index (χ1n) is 13.1. The molecule has 2 amide bonds. The third-order valence-corrected chi connectivity index (χ3v) is 8.79. The molecule has 188 valence electrons. The number of hydrogen-bond acceptors (Lipinski definition) is 3. The van der Waals surface area contributed by atoms with E-state index < -0.39 is 5.97 Å². The molecule has 2 fully saturated rings. The SMILES string of the molecule is O=C(O)CCC(=O)N(C1CC1)C1c2ccc(Cl)cc2N(C(=O)C2Cc3ccccc3C2)C2CCCC21. The van der Waals surface area contributed by atoms with Crippen molar-refractivity contribution in [1.82, 2.24) is 4.90 Å². The van der Waals surface area contributed by atoms with Crippen LogP contribution in [0.25, 0.3) is 0 Å². The fourth-order valence-corrected chi connectivity index (χ4v) is 7.06. The predicted octanol–water partition coefficient (Wildman–Crippen LogP) is 5.17. The van der Waals surface area contributed by atoms with E-state index in [0.717, 1.165) is 56.2 Å². The number of nitrogens with zero attached hydrogens (tertiary/aromatic N) is 2. The number of halogens is 1. The molecule has 3 aliphatic carbocycles. The maximum Gasteiger partial charge on any atom is 0.303 e. The molecular formula is C29H31ClN2O4. The fourth-order valence-electron chi connectivity index (χ4n) is 6.89. The highest BCUT2D eigenvalue weighted by molar-refractivity contribution is 6.31. The number of anilines is 1. The van der Waals surface area contributed by atoms with Gasteiger partial charge in [0.25, 0.3) is 0 Å². The lowest BCUT2D eigenvalue weighted by molar-refractivity contribution is -0.143. The van der Waals surface area contributed by atoms with Crippen LogP contribution in [0.15, 0.2) is 42.5 Å². The topological polar surface area (TPSA) is 77.9 Å². The summed E-state index contributed by atoms with van der Waals surface area (Å²) in [4.78, 5) is 42.8. The molecule has 7 heteroatoms. The van der Waals surface area contributed by atoms with Gasteiger partial charge in [-0.1, -0.05) is 48.4 Å². The average molecular weight is 507 g/mol. The molecule has 36 heavy (non-hydrogen) atoms. The van der Waals surface area contributed by atoms with E-state index >= 15 is 0 Å². The van der Waals surface area contributed by atoms with Gasteiger partial charge in [0.2, 0.25) is 11.8 Å². The first-order valence-corrected chi connectivity index (χ1v) is 13.5. The molecule has 1 N–H and O–H groups in total. The summed E-state index contributed by atoms with van der Waals surface area (Å²) < 4.78 is 0. The Morgan fingerprint density at radius 1 is 0.972 bits per heavy atom. The number of rotatable bonds is 6. The van der Waals surface area contributed by atoms with Crippen LogP contribution in [0, 0.1) is 11.8 Å². The van der Waals surface area contributed by atoms with Crippen LogP contribution in [0.3, 0.4) is 0 Å². The largest absolute Gasteiger partial charge is 0.481 e. The number of hydrogen-bond donors (Lipinski definition) is 1. The van der Waals surface area contributed by atoms with Crippen molar-refractivity contribution in [1.29, 1.82) is 0 Å². The Balaban J connectivity index is 1.38. The van der Waals surface area contributed by atoms with Crippen molar-refractivity contribution in [2.75, 3.05) is 4.90 Å².